The Balaban J connectivity index is 1.48. The van der Waals surface area contributed by atoms with Crippen LogP contribution in [0.3, 0.4) is 0 Å². The molecule has 1 aromatic carbocycles. The van der Waals surface area contributed by atoms with E-state index in [-0.39, 0.29) is 23.7 Å². The second-order valence-corrected chi connectivity index (χ2v) is 6.56. The molecule has 1 heterocycles. The van der Waals surface area contributed by atoms with Crippen LogP contribution < -0.4 is 5.32 Å². The molecule has 0 radical (unpaired) electrons. The molecule has 0 spiro atoms. The standard InChI is InChI=1S/C18H24FNO3/c1-12(23-11-13-2-3-13)18(21)20-10-15-8-9-22-17(15)14-4-6-16(19)7-5-14/h4-7,12-13,15,17H,2-3,8-11H2,1H3,(H,20,21)/t12-,15-,17-/m0/s1. The fourth-order valence-electron chi connectivity index (χ4n) is 2.88. The van der Waals surface area contributed by atoms with Crippen molar-refractivity contribution in [3.05, 3.63) is 35.6 Å². The summed E-state index contributed by atoms with van der Waals surface area (Å²) < 4.78 is 24.4. The fourth-order valence-corrected chi connectivity index (χ4v) is 2.88. The van der Waals surface area contributed by atoms with E-state index in [1.807, 2.05) is 0 Å². The average Bonchev–Trinajstić information content (AvgIpc) is 3.27. The monoisotopic (exact) mass is 321 g/mol. The molecule has 2 fully saturated rings. The number of carbonyl (C=O) groups excluding carboxylic acids is 1. The number of halogens is 1. The van der Waals surface area contributed by atoms with Gasteiger partial charge in [-0.05, 0) is 49.8 Å². The van der Waals surface area contributed by atoms with Gasteiger partial charge in [0.25, 0.3) is 0 Å². The smallest absolute Gasteiger partial charge is 0.248 e. The lowest BCUT2D eigenvalue weighted by atomic mass is 9.95. The largest absolute Gasteiger partial charge is 0.373 e. The van der Waals surface area contributed by atoms with Crippen molar-refractivity contribution in [2.75, 3.05) is 19.8 Å². The Bertz CT molecular complexity index is 530. The zero-order valence-corrected chi connectivity index (χ0v) is 13.5. The van der Waals surface area contributed by atoms with Gasteiger partial charge in [-0.15, -0.1) is 0 Å². The SMILES string of the molecule is C[C@H](OCC1CC1)C(=O)NC[C@@H]1CCO[C@H]1c1ccc(F)cc1. The minimum absolute atomic E-state index is 0.0737. The lowest BCUT2D eigenvalue weighted by Gasteiger charge is -2.20. The van der Waals surface area contributed by atoms with Gasteiger partial charge in [-0.3, -0.25) is 4.79 Å². The third-order valence-corrected chi connectivity index (χ3v) is 4.60. The van der Waals surface area contributed by atoms with Crippen LogP contribution in [-0.4, -0.2) is 31.8 Å². The first-order valence-corrected chi connectivity index (χ1v) is 8.40. The molecule has 1 aromatic rings. The van der Waals surface area contributed by atoms with Crippen LogP contribution in [0.25, 0.3) is 0 Å². The van der Waals surface area contributed by atoms with Crippen LogP contribution in [0.1, 0.15) is 37.9 Å². The normalized spacial score (nSPS) is 25.3. The highest BCUT2D eigenvalue weighted by Gasteiger charge is 2.30. The third kappa shape index (κ3) is 4.52. The van der Waals surface area contributed by atoms with Gasteiger partial charge in [-0.1, -0.05) is 12.1 Å². The molecular formula is C18H24FNO3. The quantitative estimate of drug-likeness (QED) is 0.840. The van der Waals surface area contributed by atoms with Crippen LogP contribution in [0.4, 0.5) is 4.39 Å². The van der Waals surface area contributed by atoms with E-state index in [4.69, 9.17) is 9.47 Å². The van der Waals surface area contributed by atoms with E-state index in [1.54, 1.807) is 19.1 Å². The predicted molar refractivity (Wildman–Crippen MR) is 84.3 cm³/mol. The molecule has 0 unspecified atom stereocenters. The van der Waals surface area contributed by atoms with Crippen LogP contribution in [0.15, 0.2) is 24.3 Å². The van der Waals surface area contributed by atoms with Gasteiger partial charge in [0.2, 0.25) is 5.91 Å². The van der Waals surface area contributed by atoms with Crippen LogP contribution in [0.5, 0.6) is 0 Å². The average molecular weight is 321 g/mol. The Hall–Kier alpha value is -1.46. The maximum absolute atomic E-state index is 13.0. The predicted octanol–water partition coefficient (Wildman–Crippen LogP) is 2.83. The zero-order valence-electron chi connectivity index (χ0n) is 13.5. The molecule has 23 heavy (non-hydrogen) atoms. The number of nitrogens with one attached hydrogen (secondary N) is 1. The minimum Gasteiger partial charge on any atom is -0.373 e. The first kappa shape index (κ1) is 16.4. The summed E-state index contributed by atoms with van der Waals surface area (Å²) in [6, 6.07) is 6.39. The lowest BCUT2D eigenvalue weighted by molar-refractivity contribution is -0.132. The Kier molecular flexibility index (Phi) is 5.28. The highest BCUT2D eigenvalue weighted by Crippen LogP contribution is 2.34. The van der Waals surface area contributed by atoms with Gasteiger partial charge in [0.15, 0.2) is 0 Å². The molecule has 126 valence electrons. The molecule has 1 aliphatic heterocycles. The summed E-state index contributed by atoms with van der Waals surface area (Å²) in [6.07, 6.45) is 2.82. The van der Waals surface area contributed by atoms with E-state index in [2.05, 4.69) is 5.32 Å². The molecule has 2 aliphatic rings. The van der Waals surface area contributed by atoms with Gasteiger partial charge in [-0.25, -0.2) is 4.39 Å². The Labute approximate surface area is 136 Å². The first-order valence-electron chi connectivity index (χ1n) is 8.40. The molecule has 0 bridgehead atoms. The second kappa shape index (κ2) is 7.41. The highest BCUT2D eigenvalue weighted by molar-refractivity contribution is 5.80. The van der Waals surface area contributed by atoms with Crippen molar-refractivity contribution in [1.82, 2.24) is 5.32 Å². The van der Waals surface area contributed by atoms with E-state index >= 15 is 0 Å². The van der Waals surface area contributed by atoms with Crippen molar-refractivity contribution in [2.24, 2.45) is 11.8 Å². The second-order valence-electron chi connectivity index (χ2n) is 6.56. The molecule has 1 saturated carbocycles. The van der Waals surface area contributed by atoms with Crippen LogP contribution >= 0.6 is 0 Å². The maximum Gasteiger partial charge on any atom is 0.248 e. The van der Waals surface area contributed by atoms with Gasteiger partial charge in [0, 0.05) is 19.1 Å². The van der Waals surface area contributed by atoms with Crippen molar-refractivity contribution in [3.63, 3.8) is 0 Å². The number of ether oxygens (including phenoxy) is 2. The summed E-state index contributed by atoms with van der Waals surface area (Å²) in [7, 11) is 0. The van der Waals surface area contributed by atoms with Gasteiger partial charge < -0.3 is 14.8 Å². The number of benzene rings is 1. The fraction of sp³-hybridized carbons (Fsp3) is 0.611. The van der Waals surface area contributed by atoms with E-state index in [9.17, 15) is 9.18 Å². The molecule has 4 nitrogen and oxygen atoms in total. The molecule has 3 atom stereocenters. The Morgan fingerprint density at radius 3 is 2.78 bits per heavy atom. The van der Waals surface area contributed by atoms with Crippen LogP contribution in [-0.2, 0) is 14.3 Å². The summed E-state index contributed by atoms with van der Waals surface area (Å²) in [5.41, 5.74) is 0.959. The van der Waals surface area contributed by atoms with Gasteiger partial charge in [-0.2, -0.15) is 0 Å². The highest BCUT2D eigenvalue weighted by atomic mass is 19.1. The van der Waals surface area contributed by atoms with E-state index in [1.165, 1.54) is 25.0 Å². The van der Waals surface area contributed by atoms with Crippen molar-refractivity contribution >= 4 is 5.91 Å². The van der Waals surface area contributed by atoms with Crippen molar-refractivity contribution in [3.8, 4) is 0 Å². The number of carbonyl (C=O) groups is 1. The maximum atomic E-state index is 13.0. The third-order valence-electron chi connectivity index (χ3n) is 4.60. The molecule has 1 aliphatic carbocycles. The van der Waals surface area contributed by atoms with Crippen molar-refractivity contribution < 1.29 is 18.7 Å². The minimum atomic E-state index is -0.415. The van der Waals surface area contributed by atoms with E-state index < -0.39 is 6.10 Å². The zero-order chi connectivity index (χ0) is 16.2. The molecule has 5 heteroatoms. The van der Waals surface area contributed by atoms with Crippen LogP contribution in [0.2, 0.25) is 0 Å². The summed E-state index contributed by atoms with van der Waals surface area (Å²) in [4.78, 5) is 12.1. The van der Waals surface area contributed by atoms with E-state index in [0.29, 0.717) is 25.7 Å². The topological polar surface area (TPSA) is 47.6 Å². The summed E-state index contributed by atoms with van der Waals surface area (Å²) in [5.74, 6) is 0.532. The van der Waals surface area contributed by atoms with Crippen molar-refractivity contribution in [1.29, 1.82) is 0 Å². The van der Waals surface area contributed by atoms with E-state index in [0.717, 1.165) is 12.0 Å². The summed E-state index contributed by atoms with van der Waals surface area (Å²) >= 11 is 0. The number of amides is 1. The molecule has 1 amide bonds. The summed E-state index contributed by atoms with van der Waals surface area (Å²) in [5, 5.41) is 2.96. The number of hydrogen-bond acceptors (Lipinski definition) is 3. The van der Waals surface area contributed by atoms with Gasteiger partial charge in [0.05, 0.1) is 12.7 Å². The number of rotatable bonds is 7. The summed E-state index contributed by atoms with van der Waals surface area (Å²) in [6.45, 7) is 3.69. The first-order chi connectivity index (χ1) is 11.1. The van der Waals surface area contributed by atoms with Gasteiger partial charge >= 0.3 is 0 Å². The molecule has 1 N–H and O–H groups in total. The molecule has 0 aromatic heterocycles. The Morgan fingerprint density at radius 2 is 2.09 bits per heavy atom. The Morgan fingerprint density at radius 1 is 1.35 bits per heavy atom. The number of hydrogen-bond donors (Lipinski definition) is 1. The molecular weight excluding hydrogens is 297 g/mol. The van der Waals surface area contributed by atoms with Crippen molar-refractivity contribution in [2.45, 2.75) is 38.4 Å². The molecule has 3 rings (SSSR count). The van der Waals surface area contributed by atoms with Gasteiger partial charge in [0.1, 0.15) is 11.9 Å². The lowest BCUT2D eigenvalue weighted by Crippen LogP contribution is -2.38. The molecule has 1 saturated heterocycles. The van der Waals surface area contributed by atoms with Crippen LogP contribution in [0, 0.1) is 17.7 Å².